The molecule has 1 amide bonds. The van der Waals surface area contributed by atoms with E-state index in [1.54, 1.807) is 32.9 Å². The van der Waals surface area contributed by atoms with Gasteiger partial charge in [-0.25, -0.2) is 9.59 Å². The van der Waals surface area contributed by atoms with E-state index in [0.717, 1.165) is 5.56 Å². The average Bonchev–Trinajstić information content (AvgIpc) is 2.43. The first-order valence-electron chi connectivity index (χ1n) is 6.95. The number of amides is 1. The molecule has 1 atom stereocenters. The molecule has 6 heteroatoms. The lowest BCUT2D eigenvalue weighted by Crippen LogP contribution is -2.46. The number of methoxy groups -OCH3 is 1. The van der Waals surface area contributed by atoms with E-state index in [1.165, 1.54) is 31.2 Å². The standard InChI is InChI=1S/C16H23NO5/c1-16(2,3)22-15(20)17(4)13(14(19)21-5)10-11-6-8-12(18)9-7-11/h6-9,13,18H,10H2,1-5H3/t13-/m0/s1. The second kappa shape index (κ2) is 7.15. The predicted octanol–water partition coefficient (Wildman–Crippen LogP) is 2.34. The number of carbonyl (C=O) groups is 2. The van der Waals surface area contributed by atoms with E-state index in [1.807, 2.05) is 0 Å². The summed E-state index contributed by atoms with van der Waals surface area (Å²) in [5.41, 5.74) is 0.147. The maximum atomic E-state index is 12.1. The molecule has 0 radical (unpaired) electrons. The van der Waals surface area contributed by atoms with E-state index >= 15 is 0 Å². The molecule has 1 aromatic rings. The molecule has 122 valence electrons. The Balaban J connectivity index is 2.90. The normalized spacial score (nSPS) is 12.4. The van der Waals surface area contributed by atoms with Crippen molar-refractivity contribution in [3.05, 3.63) is 29.8 Å². The topological polar surface area (TPSA) is 76.1 Å². The SMILES string of the molecule is COC(=O)[C@H](Cc1ccc(O)cc1)N(C)C(=O)OC(C)(C)C. The third-order valence-corrected chi connectivity index (χ3v) is 2.99. The van der Waals surface area contributed by atoms with Gasteiger partial charge in [-0.1, -0.05) is 12.1 Å². The van der Waals surface area contributed by atoms with E-state index < -0.39 is 23.7 Å². The number of aromatic hydroxyl groups is 1. The summed E-state index contributed by atoms with van der Waals surface area (Å²) >= 11 is 0. The molecule has 1 aromatic carbocycles. The third-order valence-electron chi connectivity index (χ3n) is 2.99. The first-order chi connectivity index (χ1) is 10.1. The lowest BCUT2D eigenvalue weighted by Gasteiger charge is -2.29. The Hall–Kier alpha value is -2.24. The van der Waals surface area contributed by atoms with Gasteiger partial charge in [0.05, 0.1) is 7.11 Å². The van der Waals surface area contributed by atoms with Gasteiger partial charge < -0.3 is 14.6 Å². The highest BCUT2D eigenvalue weighted by Gasteiger charge is 2.31. The Kier molecular flexibility index (Phi) is 5.79. The van der Waals surface area contributed by atoms with Gasteiger partial charge in [0.2, 0.25) is 0 Å². The predicted molar refractivity (Wildman–Crippen MR) is 81.6 cm³/mol. The van der Waals surface area contributed by atoms with E-state index in [2.05, 4.69) is 0 Å². The molecular formula is C16H23NO5. The van der Waals surface area contributed by atoms with Gasteiger partial charge in [-0.2, -0.15) is 0 Å². The summed E-state index contributed by atoms with van der Waals surface area (Å²) in [6, 6.07) is 5.63. The first-order valence-corrected chi connectivity index (χ1v) is 6.95. The third kappa shape index (κ3) is 5.27. The molecule has 0 fully saturated rings. The fourth-order valence-corrected chi connectivity index (χ4v) is 1.83. The fourth-order valence-electron chi connectivity index (χ4n) is 1.83. The summed E-state index contributed by atoms with van der Waals surface area (Å²) in [6.45, 7) is 5.27. The highest BCUT2D eigenvalue weighted by atomic mass is 16.6. The molecule has 0 unspecified atom stereocenters. The summed E-state index contributed by atoms with van der Waals surface area (Å²) in [5, 5.41) is 9.29. The number of phenols is 1. The molecule has 1 rings (SSSR count). The van der Waals surface area contributed by atoms with Gasteiger partial charge in [0, 0.05) is 13.5 Å². The maximum absolute atomic E-state index is 12.1. The second-order valence-electron chi connectivity index (χ2n) is 6.00. The van der Waals surface area contributed by atoms with Gasteiger partial charge in [-0.3, -0.25) is 4.90 Å². The number of benzene rings is 1. The molecule has 0 aliphatic rings. The number of carbonyl (C=O) groups excluding carboxylic acids is 2. The summed E-state index contributed by atoms with van der Waals surface area (Å²) in [4.78, 5) is 25.3. The largest absolute Gasteiger partial charge is 0.508 e. The van der Waals surface area contributed by atoms with Crippen LogP contribution in [0.3, 0.4) is 0 Å². The Morgan fingerprint density at radius 2 is 1.77 bits per heavy atom. The van der Waals surface area contributed by atoms with Gasteiger partial charge in [0.25, 0.3) is 0 Å². The molecule has 0 aliphatic carbocycles. The number of likely N-dealkylation sites (N-methyl/N-ethyl adjacent to an activating group) is 1. The van der Waals surface area contributed by atoms with Crippen LogP contribution in [0.4, 0.5) is 4.79 Å². The quantitative estimate of drug-likeness (QED) is 0.864. The molecule has 0 heterocycles. The number of hydrogen-bond donors (Lipinski definition) is 1. The van der Waals surface area contributed by atoms with E-state index in [0.29, 0.717) is 0 Å². The summed E-state index contributed by atoms with van der Waals surface area (Å²) < 4.78 is 10.0. The van der Waals surface area contributed by atoms with Crippen molar-refractivity contribution in [1.82, 2.24) is 4.90 Å². The van der Waals surface area contributed by atoms with Crippen LogP contribution in [0.1, 0.15) is 26.3 Å². The maximum Gasteiger partial charge on any atom is 0.410 e. The molecule has 0 saturated carbocycles. The number of nitrogens with zero attached hydrogens (tertiary/aromatic N) is 1. The molecule has 1 N–H and O–H groups in total. The zero-order chi connectivity index (χ0) is 16.9. The Morgan fingerprint density at radius 1 is 1.23 bits per heavy atom. The summed E-state index contributed by atoms with van der Waals surface area (Å²) in [7, 11) is 2.77. The minimum atomic E-state index is -0.801. The lowest BCUT2D eigenvalue weighted by molar-refractivity contribution is -0.146. The molecular weight excluding hydrogens is 286 g/mol. The van der Waals surface area contributed by atoms with Gasteiger partial charge in [-0.05, 0) is 38.5 Å². The smallest absolute Gasteiger partial charge is 0.410 e. The summed E-state index contributed by atoms with van der Waals surface area (Å²) in [6.07, 6.45) is -0.329. The van der Waals surface area contributed by atoms with Crippen LogP contribution >= 0.6 is 0 Å². The van der Waals surface area contributed by atoms with Crippen molar-refractivity contribution in [3.63, 3.8) is 0 Å². The van der Waals surface area contributed by atoms with Crippen molar-refractivity contribution in [3.8, 4) is 5.75 Å². The van der Waals surface area contributed by atoms with Crippen molar-refractivity contribution < 1.29 is 24.2 Å². The molecule has 0 aromatic heterocycles. The molecule has 0 saturated heterocycles. The fraction of sp³-hybridized carbons (Fsp3) is 0.500. The van der Waals surface area contributed by atoms with Crippen LogP contribution < -0.4 is 0 Å². The van der Waals surface area contributed by atoms with Gasteiger partial charge in [0.1, 0.15) is 17.4 Å². The number of rotatable bonds is 4. The number of hydrogen-bond acceptors (Lipinski definition) is 5. The molecule has 22 heavy (non-hydrogen) atoms. The van der Waals surface area contributed by atoms with Crippen molar-refractivity contribution in [2.45, 2.75) is 38.8 Å². The zero-order valence-corrected chi connectivity index (χ0v) is 13.6. The van der Waals surface area contributed by atoms with Crippen molar-refractivity contribution in [2.75, 3.05) is 14.2 Å². The van der Waals surface area contributed by atoms with Gasteiger partial charge in [0.15, 0.2) is 0 Å². The van der Waals surface area contributed by atoms with Crippen LogP contribution in [-0.4, -0.2) is 47.9 Å². The minimum absolute atomic E-state index is 0.138. The van der Waals surface area contributed by atoms with Crippen LogP contribution in [0, 0.1) is 0 Å². The van der Waals surface area contributed by atoms with Crippen LogP contribution in [0.5, 0.6) is 5.75 Å². The minimum Gasteiger partial charge on any atom is -0.508 e. The monoisotopic (exact) mass is 309 g/mol. The Bertz CT molecular complexity index is 518. The van der Waals surface area contributed by atoms with Crippen molar-refractivity contribution in [1.29, 1.82) is 0 Å². The highest BCUT2D eigenvalue weighted by molar-refractivity contribution is 5.81. The Labute approximate surface area is 130 Å². The van der Waals surface area contributed by atoms with E-state index in [-0.39, 0.29) is 12.2 Å². The molecule has 0 aliphatic heterocycles. The molecule has 0 spiro atoms. The second-order valence-corrected chi connectivity index (χ2v) is 6.00. The van der Waals surface area contributed by atoms with Gasteiger partial charge >= 0.3 is 12.1 Å². The molecule has 6 nitrogen and oxygen atoms in total. The van der Waals surface area contributed by atoms with Gasteiger partial charge in [-0.15, -0.1) is 0 Å². The van der Waals surface area contributed by atoms with Crippen LogP contribution in [0.15, 0.2) is 24.3 Å². The average molecular weight is 309 g/mol. The number of ether oxygens (including phenoxy) is 2. The first kappa shape index (κ1) is 17.8. The van der Waals surface area contributed by atoms with Crippen molar-refractivity contribution >= 4 is 12.1 Å². The Morgan fingerprint density at radius 3 is 2.23 bits per heavy atom. The van der Waals surface area contributed by atoms with Crippen LogP contribution in [0.2, 0.25) is 0 Å². The zero-order valence-electron chi connectivity index (χ0n) is 13.6. The number of esters is 1. The lowest BCUT2D eigenvalue weighted by atomic mass is 10.0. The molecule has 0 bridgehead atoms. The van der Waals surface area contributed by atoms with Crippen molar-refractivity contribution in [2.24, 2.45) is 0 Å². The summed E-state index contributed by atoms with van der Waals surface area (Å²) in [5.74, 6) is -0.389. The van der Waals surface area contributed by atoms with Crippen LogP contribution in [-0.2, 0) is 20.7 Å². The van der Waals surface area contributed by atoms with Crippen LogP contribution in [0.25, 0.3) is 0 Å². The van der Waals surface area contributed by atoms with E-state index in [9.17, 15) is 14.7 Å². The highest BCUT2D eigenvalue weighted by Crippen LogP contribution is 2.16. The number of phenolic OH excluding ortho intramolecular Hbond substituents is 1. The van der Waals surface area contributed by atoms with E-state index in [4.69, 9.17) is 9.47 Å².